The van der Waals surface area contributed by atoms with Gasteiger partial charge in [0.15, 0.2) is 0 Å². The minimum Gasteiger partial charge on any atom is -0.467 e. The average molecular weight is 276 g/mol. The Bertz CT molecular complexity index is 469. The van der Waals surface area contributed by atoms with Gasteiger partial charge in [0.25, 0.3) is 0 Å². The Hall–Kier alpha value is -1.33. The molecule has 1 aromatic rings. The van der Waals surface area contributed by atoms with Crippen molar-refractivity contribution < 1.29 is 13.9 Å². The standard InChI is InChI=1S/C15H20N2O3/c18-15(16-6-10-2-1-5-19-10)9-17-7-11-12(8-17)14-4-3-13(11)20-14/h1-2,5,11-14H,3-4,6-9H2,(H,16,18)/t11-,12-,13-,14-/m1/s1. The Morgan fingerprint density at radius 1 is 1.30 bits per heavy atom. The molecule has 0 saturated carbocycles. The van der Waals surface area contributed by atoms with E-state index in [1.165, 1.54) is 12.8 Å². The largest absolute Gasteiger partial charge is 0.467 e. The van der Waals surface area contributed by atoms with Gasteiger partial charge in [-0.1, -0.05) is 0 Å². The summed E-state index contributed by atoms with van der Waals surface area (Å²) < 4.78 is 11.2. The van der Waals surface area contributed by atoms with Gasteiger partial charge in [0.2, 0.25) is 5.91 Å². The Labute approximate surface area is 118 Å². The number of fused-ring (bicyclic) bond motifs is 5. The molecule has 0 aromatic carbocycles. The van der Waals surface area contributed by atoms with E-state index in [0.717, 1.165) is 18.8 Å². The number of amides is 1. The Kier molecular flexibility index (Phi) is 3.04. The lowest BCUT2D eigenvalue weighted by Crippen LogP contribution is -2.36. The number of ether oxygens (including phenoxy) is 1. The zero-order chi connectivity index (χ0) is 13.5. The quantitative estimate of drug-likeness (QED) is 0.891. The Morgan fingerprint density at radius 2 is 2.05 bits per heavy atom. The molecular formula is C15H20N2O3. The molecule has 5 nitrogen and oxygen atoms in total. The Morgan fingerprint density at radius 3 is 2.70 bits per heavy atom. The first-order chi connectivity index (χ1) is 9.79. The fraction of sp³-hybridized carbons (Fsp3) is 0.667. The highest BCUT2D eigenvalue weighted by molar-refractivity contribution is 5.78. The molecule has 108 valence electrons. The van der Waals surface area contributed by atoms with Gasteiger partial charge in [0, 0.05) is 24.9 Å². The van der Waals surface area contributed by atoms with Gasteiger partial charge < -0.3 is 14.5 Å². The van der Waals surface area contributed by atoms with Crippen LogP contribution in [0.1, 0.15) is 18.6 Å². The number of carbonyl (C=O) groups excluding carboxylic acids is 1. The van der Waals surface area contributed by atoms with Crippen LogP contribution in [0, 0.1) is 11.8 Å². The highest BCUT2D eigenvalue weighted by atomic mass is 16.5. The first kappa shape index (κ1) is 12.4. The molecule has 3 fully saturated rings. The number of carbonyl (C=O) groups is 1. The van der Waals surface area contributed by atoms with Crippen molar-refractivity contribution in [2.24, 2.45) is 11.8 Å². The second kappa shape index (κ2) is 4.90. The molecule has 1 aromatic heterocycles. The van der Waals surface area contributed by atoms with Crippen LogP contribution < -0.4 is 5.32 Å². The summed E-state index contributed by atoms with van der Waals surface area (Å²) in [6.45, 7) is 2.99. The van der Waals surface area contributed by atoms with Crippen LogP contribution in [-0.2, 0) is 16.1 Å². The third kappa shape index (κ3) is 2.15. The van der Waals surface area contributed by atoms with E-state index in [-0.39, 0.29) is 5.91 Å². The molecule has 3 aliphatic heterocycles. The van der Waals surface area contributed by atoms with E-state index in [0.29, 0.717) is 37.1 Å². The van der Waals surface area contributed by atoms with Crippen LogP contribution in [0.5, 0.6) is 0 Å². The number of nitrogens with zero attached hydrogens (tertiary/aromatic N) is 1. The predicted octanol–water partition coefficient (Wildman–Crippen LogP) is 1.00. The van der Waals surface area contributed by atoms with Crippen LogP contribution in [0.2, 0.25) is 0 Å². The molecule has 3 saturated heterocycles. The van der Waals surface area contributed by atoms with E-state index in [9.17, 15) is 4.79 Å². The predicted molar refractivity (Wildman–Crippen MR) is 71.9 cm³/mol. The third-order valence-electron chi connectivity index (χ3n) is 4.94. The third-order valence-corrected chi connectivity index (χ3v) is 4.94. The molecule has 2 bridgehead atoms. The monoisotopic (exact) mass is 276 g/mol. The van der Waals surface area contributed by atoms with E-state index in [4.69, 9.17) is 9.15 Å². The zero-order valence-electron chi connectivity index (χ0n) is 11.5. The van der Waals surface area contributed by atoms with E-state index >= 15 is 0 Å². The summed E-state index contributed by atoms with van der Waals surface area (Å²) >= 11 is 0. The lowest BCUT2D eigenvalue weighted by molar-refractivity contribution is -0.122. The molecule has 0 spiro atoms. The van der Waals surface area contributed by atoms with E-state index < -0.39 is 0 Å². The topological polar surface area (TPSA) is 54.7 Å². The summed E-state index contributed by atoms with van der Waals surface area (Å²) in [5.41, 5.74) is 0. The van der Waals surface area contributed by atoms with Gasteiger partial charge in [-0.25, -0.2) is 0 Å². The highest BCUT2D eigenvalue weighted by Gasteiger charge is 2.52. The highest BCUT2D eigenvalue weighted by Crippen LogP contribution is 2.46. The van der Waals surface area contributed by atoms with Gasteiger partial charge in [-0.3, -0.25) is 9.69 Å². The summed E-state index contributed by atoms with van der Waals surface area (Å²) in [6, 6.07) is 3.70. The van der Waals surface area contributed by atoms with Crippen LogP contribution in [0.15, 0.2) is 22.8 Å². The number of likely N-dealkylation sites (tertiary alicyclic amines) is 1. The van der Waals surface area contributed by atoms with Gasteiger partial charge >= 0.3 is 0 Å². The van der Waals surface area contributed by atoms with Gasteiger partial charge in [-0.15, -0.1) is 0 Å². The number of hydrogen-bond acceptors (Lipinski definition) is 4. The van der Waals surface area contributed by atoms with Gasteiger partial charge in [-0.2, -0.15) is 0 Å². The van der Waals surface area contributed by atoms with Crippen molar-refractivity contribution >= 4 is 5.91 Å². The molecule has 3 aliphatic rings. The Balaban J connectivity index is 1.27. The lowest BCUT2D eigenvalue weighted by atomic mass is 9.82. The molecule has 0 aliphatic carbocycles. The maximum absolute atomic E-state index is 12.0. The van der Waals surface area contributed by atoms with Crippen molar-refractivity contribution in [2.45, 2.75) is 31.6 Å². The van der Waals surface area contributed by atoms with Gasteiger partial charge in [0.1, 0.15) is 5.76 Å². The molecule has 4 heterocycles. The second-order valence-electron chi connectivity index (χ2n) is 6.17. The van der Waals surface area contributed by atoms with Crippen molar-refractivity contribution in [1.29, 1.82) is 0 Å². The maximum atomic E-state index is 12.0. The summed E-state index contributed by atoms with van der Waals surface area (Å²) in [5.74, 6) is 2.19. The number of hydrogen-bond donors (Lipinski definition) is 1. The number of furan rings is 1. The molecule has 0 radical (unpaired) electrons. The molecule has 20 heavy (non-hydrogen) atoms. The zero-order valence-corrected chi connectivity index (χ0v) is 11.5. The van der Waals surface area contributed by atoms with Crippen molar-refractivity contribution in [2.75, 3.05) is 19.6 Å². The number of nitrogens with one attached hydrogen (secondary N) is 1. The fourth-order valence-electron chi connectivity index (χ4n) is 4.03. The lowest BCUT2D eigenvalue weighted by Gasteiger charge is -2.18. The maximum Gasteiger partial charge on any atom is 0.234 e. The summed E-state index contributed by atoms with van der Waals surface area (Å²) in [4.78, 5) is 14.2. The molecule has 1 N–H and O–H groups in total. The first-order valence-corrected chi connectivity index (χ1v) is 7.46. The second-order valence-corrected chi connectivity index (χ2v) is 6.17. The van der Waals surface area contributed by atoms with Crippen molar-refractivity contribution in [1.82, 2.24) is 10.2 Å². The molecule has 4 rings (SSSR count). The van der Waals surface area contributed by atoms with E-state index in [1.807, 2.05) is 12.1 Å². The van der Waals surface area contributed by atoms with E-state index in [1.54, 1.807) is 6.26 Å². The van der Waals surface area contributed by atoms with E-state index in [2.05, 4.69) is 10.2 Å². The normalized spacial score (nSPS) is 35.4. The number of rotatable bonds is 4. The van der Waals surface area contributed by atoms with Crippen molar-refractivity contribution in [3.8, 4) is 0 Å². The van der Waals surface area contributed by atoms with Crippen LogP contribution in [0.25, 0.3) is 0 Å². The van der Waals surface area contributed by atoms with Crippen LogP contribution in [0.3, 0.4) is 0 Å². The van der Waals surface area contributed by atoms with Crippen LogP contribution in [-0.4, -0.2) is 42.6 Å². The SMILES string of the molecule is O=C(CN1C[C@@H]2[C@@H](C1)[C@H]1CC[C@H]2O1)NCc1ccco1. The summed E-state index contributed by atoms with van der Waals surface area (Å²) in [6.07, 6.45) is 4.97. The minimum atomic E-state index is 0.0784. The smallest absolute Gasteiger partial charge is 0.234 e. The van der Waals surface area contributed by atoms with Crippen molar-refractivity contribution in [3.05, 3.63) is 24.2 Å². The molecular weight excluding hydrogens is 256 g/mol. The molecule has 4 atom stereocenters. The molecule has 1 amide bonds. The molecule has 0 unspecified atom stereocenters. The average Bonchev–Trinajstić information content (AvgIpc) is 3.18. The van der Waals surface area contributed by atoms with Crippen LogP contribution in [0.4, 0.5) is 0 Å². The van der Waals surface area contributed by atoms with Crippen molar-refractivity contribution in [3.63, 3.8) is 0 Å². The van der Waals surface area contributed by atoms with Gasteiger partial charge in [0.05, 0.1) is 31.6 Å². The first-order valence-electron chi connectivity index (χ1n) is 7.46. The molecule has 5 heteroatoms. The fourth-order valence-corrected chi connectivity index (χ4v) is 4.03. The summed E-state index contributed by atoms with van der Waals surface area (Å²) in [7, 11) is 0. The van der Waals surface area contributed by atoms with Gasteiger partial charge in [-0.05, 0) is 25.0 Å². The minimum absolute atomic E-state index is 0.0784. The van der Waals surface area contributed by atoms with Crippen LogP contribution >= 0.6 is 0 Å². The summed E-state index contributed by atoms with van der Waals surface area (Å²) in [5, 5.41) is 2.91.